The fraction of sp³-hybridized carbons (Fsp3) is 0.429. The van der Waals surface area contributed by atoms with E-state index in [0.717, 1.165) is 23.3 Å². The van der Waals surface area contributed by atoms with Gasteiger partial charge in [0.05, 0.1) is 18.0 Å². The summed E-state index contributed by atoms with van der Waals surface area (Å²) in [5, 5.41) is 11.3. The van der Waals surface area contributed by atoms with Gasteiger partial charge in [0.25, 0.3) is 0 Å². The summed E-state index contributed by atoms with van der Waals surface area (Å²) in [5.74, 6) is 1.79. The summed E-state index contributed by atoms with van der Waals surface area (Å²) in [4.78, 5) is 11.0. The van der Waals surface area contributed by atoms with Crippen molar-refractivity contribution in [3.63, 3.8) is 0 Å². The van der Waals surface area contributed by atoms with E-state index in [2.05, 4.69) is 28.7 Å². The van der Waals surface area contributed by atoms with Gasteiger partial charge in [0.2, 0.25) is 5.71 Å². The minimum atomic E-state index is -0.742. The first-order valence-corrected chi connectivity index (χ1v) is 9.42. The number of furan rings is 1. The number of hydrogen-bond donors (Lipinski definition) is 2. The topological polar surface area (TPSA) is 88.4 Å². The van der Waals surface area contributed by atoms with Crippen LogP contribution in [-0.2, 0) is 6.54 Å². The standard InChI is InChI=1S/C21H27FN4O2/c1-12(2)9-26(10-17(27)15-5-7-16(22)8-6-15)11-18-24-20(23)19-13(3)14(4)28-21(19)25-18/h5-8,12,17,27H,9-11H2,1-4H3,(H2,23,24,25). The quantitative estimate of drug-likeness (QED) is 0.643. The Bertz CT molecular complexity index is 953. The number of aliphatic hydroxyl groups is 1. The molecule has 150 valence electrons. The predicted octanol–water partition coefficient (Wildman–Crippen LogP) is 3.75. The molecule has 1 unspecified atom stereocenters. The Balaban J connectivity index is 1.82. The second-order valence-corrected chi connectivity index (χ2v) is 7.64. The number of hydrogen-bond acceptors (Lipinski definition) is 6. The second kappa shape index (κ2) is 8.24. The summed E-state index contributed by atoms with van der Waals surface area (Å²) in [6.07, 6.45) is -0.742. The molecule has 0 radical (unpaired) electrons. The van der Waals surface area contributed by atoms with Crippen LogP contribution in [-0.4, -0.2) is 33.1 Å². The van der Waals surface area contributed by atoms with E-state index in [-0.39, 0.29) is 5.82 Å². The van der Waals surface area contributed by atoms with Crippen LogP contribution in [0.5, 0.6) is 0 Å². The summed E-state index contributed by atoms with van der Waals surface area (Å²) in [6.45, 7) is 9.57. The molecule has 0 aliphatic heterocycles. The van der Waals surface area contributed by atoms with E-state index < -0.39 is 6.10 Å². The molecule has 0 fully saturated rings. The van der Waals surface area contributed by atoms with Gasteiger partial charge in [0.15, 0.2) is 0 Å². The number of aliphatic hydroxyl groups excluding tert-OH is 1. The van der Waals surface area contributed by atoms with Crippen LogP contribution in [0.2, 0.25) is 0 Å². The van der Waals surface area contributed by atoms with Gasteiger partial charge < -0.3 is 15.3 Å². The van der Waals surface area contributed by atoms with E-state index in [4.69, 9.17) is 10.2 Å². The van der Waals surface area contributed by atoms with Crippen molar-refractivity contribution >= 4 is 16.9 Å². The number of benzene rings is 1. The van der Waals surface area contributed by atoms with Crippen LogP contribution in [0.3, 0.4) is 0 Å². The summed E-state index contributed by atoms with van der Waals surface area (Å²) in [7, 11) is 0. The van der Waals surface area contributed by atoms with Crippen LogP contribution in [0.1, 0.15) is 42.7 Å². The van der Waals surface area contributed by atoms with Crippen molar-refractivity contribution in [2.75, 3.05) is 18.8 Å². The molecule has 0 amide bonds. The van der Waals surface area contributed by atoms with E-state index >= 15 is 0 Å². The SMILES string of the molecule is Cc1oc2nc(CN(CC(C)C)CC(O)c3ccc(F)cc3)nc(N)c2c1C. The molecule has 2 heterocycles. The summed E-state index contributed by atoms with van der Waals surface area (Å²) in [6, 6.07) is 5.90. The molecule has 28 heavy (non-hydrogen) atoms. The number of anilines is 1. The number of aryl methyl sites for hydroxylation is 2. The first kappa shape index (κ1) is 20.2. The van der Waals surface area contributed by atoms with Crippen molar-refractivity contribution in [3.05, 3.63) is 52.8 Å². The van der Waals surface area contributed by atoms with Crippen LogP contribution in [0.4, 0.5) is 10.2 Å². The van der Waals surface area contributed by atoms with Gasteiger partial charge in [0.1, 0.15) is 23.2 Å². The third-order valence-electron chi connectivity index (χ3n) is 4.78. The molecule has 0 bridgehead atoms. The highest BCUT2D eigenvalue weighted by Crippen LogP contribution is 2.27. The van der Waals surface area contributed by atoms with Gasteiger partial charge in [-0.2, -0.15) is 4.98 Å². The van der Waals surface area contributed by atoms with Crippen molar-refractivity contribution in [2.45, 2.75) is 40.3 Å². The maximum absolute atomic E-state index is 13.1. The average Bonchev–Trinajstić information content (AvgIpc) is 2.89. The number of nitrogen functional groups attached to an aromatic ring is 1. The van der Waals surface area contributed by atoms with Crippen LogP contribution in [0, 0.1) is 25.6 Å². The van der Waals surface area contributed by atoms with Crippen molar-refractivity contribution in [1.29, 1.82) is 0 Å². The molecular formula is C21H27FN4O2. The Kier molecular flexibility index (Phi) is 5.96. The first-order valence-electron chi connectivity index (χ1n) is 9.42. The van der Waals surface area contributed by atoms with E-state index in [9.17, 15) is 9.50 Å². The van der Waals surface area contributed by atoms with Gasteiger partial charge in [-0.05, 0) is 37.5 Å². The molecule has 0 spiro atoms. The van der Waals surface area contributed by atoms with Crippen molar-refractivity contribution in [2.24, 2.45) is 5.92 Å². The molecule has 2 aromatic heterocycles. The van der Waals surface area contributed by atoms with Crippen molar-refractivity contribution in [3.8, 4) is 0 Å². The lowest BCUT2D eigenvalue weighted by molar-refractivity contribution is 0.100. The molecule has 6 nitrogen and oxygen atoms in total. The fourth-order valence-electron chi connectivity index (χ4n) is 3.35. The van der Waals surface area contributed by atoms with Crippen LogP contribution in [0.15, 0.2) is 28.7 Å². The highest BCUT2D eigenvalue weighted by molar-refractivity contribution is 5.88. The third kappa shape index (κ3) is 4.48. The molecule has 3 N–H and O–H groups in total. The summed E-state index contributed by atoms with van der Waals surface area (Å²) in [5.41, 5.74) is 8.25. The number of aromatic nitrogens is 2. The van der Waals surface area contributed by atoms with Crippen molar-refractivity contribution in [1.82, 2.24) is 14.9 Å². The summed E-state index contributed by atoms with van der Waals surface area (Å²) >= 11 is 0. The number of rotatable bonds is 7. The smallest absolute Gasteiger partial charge is 0.231 e. The highest BCUT2D eigenvalue weighted by atomic mass is 19.1. The minimum Gasteiger partial charge on any atom is -0.443 e. The lowest BCUT2D eigenvalue weighted by Gasteiger charge is -2.26. The molecule has 0 saturated heterocycles. The Morgan fingerprint density at radius 3 is 2.46 bits per heavy atom. The van der Waals surface area contributed by atoms with Crippen LogP contribution in [0.25, 0.3) is 11.1 Å². The van der Waals surface area contributed by atoms with Gasteiger partial charge in [-0.1, -0.05) is 26.0 Å². The predicted molar refractivity (Wildman–Crippen MR) is 107 cm³/mol. The zero-order valence-electron chi connectivity index (χ0n) is 16.7. The van der Waals surface area contributed by atoms with Crippen LogP contribution < -0.4 is 5.73 Å². The molecule has 1 aromatic carbocycles. The lowest BCUT2D eigenvalue weighted by atomic mass is 10.1. The zero-order valence-corrected chi connectivity index (χ0v) is 16.7. The first-order chi connectivity index (χ1) is 13.2. The molecular weight excluding hydrogens is 359 g/mol. The maximum atomic E-state index is 13.1. The van der Waals surface area contributed by atoms with Crippen LogP contribution >= 0.6 is 0 Å². The Labute approximate surface area is 164 Å². The Morgan fingerprint density at radius 2 is 1.82 bits per heavy atom. The second-order valence-electron chi connectivity index (χ2n) is 7.64. The monoisotopic (exact) mass is 386 g/mol. The van der Waals surface area contributed by atoms with Gasteiger partial charge in [-0.3, -0.25) is 4.90 Å². The molecule has 0 aliphatic rings. The number of fused-ring (bicyclic) bond motifs is 1. The molecule has 0 saturated carbocycles. The van der Waals surface area contributed by atoms with E-state index in [1.54, 1.807) is 12.1 Å². The van der Waals surface area contributed by atoms with E-state index in [0.29, 0.717) is 41.9 Å². The largest absolute Gasteiger partial charge is 0.443 e. The van der Waals surface area contributed by atoms with Gasteiger partial charge >= 0.3 is 0 Å². The molecule has 0 aliphatic carbocycles. The number of halogens is 1. The van der Waals surface area contributed by atoms with E-state index in [1.165, 1.54) is 12.1 Å². The van der Waals surface area contributed by atoms with Gasteiger partial charge in [-0.15, -0.1) is 0 Å². The molecule has 1 atom stereocenters. The summed E-state index contributed by atoms with van der Waals surface area (Å²) < 4.78 is 18.8. The Morgan fingerprint density at radius 1 is 1.14 bits per heavy atom. The minimum absolute atomic E-state index is 0.323. The number of nitrogens with two attached hydrogens (primary N) is 1. The lowest BCUT2D eigenvalue weighted by Crippen LogP contribution is -2.32. The average molecular weight is 386 g/mol. The third-order valence-corrected chi connectivity index (χ3v) is 4.78. The molecule has 3 aromatic rings. The number of nitrogens with zero attached hydrogens (tertiary/aromatic N) is 3. The van der Waals surface area contributed by atoms with E-state index in [1.807, 2.05) is 13.8 Å². The molecule has 3 rings (SSSR count). The van der Waals surface area contributed by atoms with Gasteiger partial charge in [-0.25, -0.2) is 9.37 Å². The molecule has 7 heteroatoms. The fourth-order valence-corrected chi connectivity index (χ4v) is 3.35. The highest BCUT2D eigenvalue weighted by Gasteiger charge is 2.19. The van der Waals surface area contributed by atoms with Gasteiger partial charge in [0, 0.05) is 18.7 Å². The normalized spacial score (nSPS) is 13.0. The Hall–Kier alpha value is -2.51. The maximum Gasteiger partial charge on any atom is 0.231 e. The van der Waals surface area contributed by atoms with Crippen molar-refractivity contribution < 1.29 is 13.9 Å². The zero-order chi connectivity index (χ0) is 20.4.